The number of hydrogen-bond donors (Lipinski definition) is 3. The molecule has 0 fully saturated rings. The maximum Gasteiger partial charge on any atom is 0.247 e. The average molecular weight is 669 g/mol. The number of halogens is 1. The van der Waals surface area contributed by atoms with E-state index in [0.717, 1.165) is 18.8 Å². The standard InChI is InChI=1S/C29H35BrN9O3P/c1-8-25(40)34-21-15-22(24(42-5)16-23(21)39(4)14-13-38(2)3)36-29-33-17-18(30)28(37-29)35-20-10-9-19-26(32-12-11-31-19)27(20)43(6,7)41/h8-12,15-17H,1,13-14H2,2-7H3,(H,34,40)(H2,33,35,36,37). The minimum atomic E-state index is -2.78. The molecule has 3 N–H and O–H groups in total. The van der Waals surface area contributed by atoms with E-state index in [2.05, 4.69) is 63.3 Å². The van der Waals surface area contributed by atoms with Crippen molar-refractivity contribution in [3.63, 3.8) is 0 Å². The fraction of sp³-hybridized carbons (Fsp3) is 0.276. The second-order valence-corrected chi connectivity index (χ2v) is 14.4. The van der Waals surface area contributed by atoms with Crippen molar-refractivity contribution in [2.24, 2.45) is 0 Å². The molecule has 0 saturated carbocycles. The third-order valence-electron chi connectivity index (χ3n) is 6.45. The van der Waals surface area contributed by atoms with Crippen LogP contribution < -0.4 is 30.9 Å². The van der Waals surface area contributed by atoms with Crippen LogP contribution in [0.3, 0.4) is 0 Å². The van der Waals surface area contributed by atoms with Crippen LogP contribution >= 0.6 is 23.1 Å². The normalized spacial score (nSPS) is 11.3. The number of fused-ring (bicyclic) bond motifs is 1. The Balaban J connectivity index is 1.72. The van der Waals surface area contributed by atoms with Gasteiger partial charge in [0.15, 0.2) is 0 Å². The molecule has 0 radical (unpaired) electrons. The Kier molecular flexibility index (Phi) is 10.0. The molecule has 0 saturated heterocycles. The van der Waals surface area contributed by atoms with Crippen LogP contribution in [0.5, 0.6) is 5.75 Å². The number of likely N-dealkylation sites (N-methyl/N-ethyl adjacent to an activating group) is 2. The zero-order valence-electron chi connectivity index (χ0n) is 25.0. The zero-order chi connectivity index (χ0) is 31.3. The van der Waals surface area contributed by atoms with E-state index in [4.69, 9.17) is 4.74 Å². The minimum Gasteiger partial charge on any atom is -0.494 e. The maximum absolute atomic E-state index is 13.4. The van der Waals surface area contributed by atoms with E-state index >= 15 is 0 Å². The van der Waals surface area contributed by atoms with Gasteiger partial charge >= 0.3 is 0 Å². The number of hydrogen-bond acceptors (Lipinski definition) is 11. The number of aromatic nitrogens is 4. The summed E-state index contributed by atoms with van der Waals surface area (Å²) in [6, 6.07) is 7.25. The van der Waals surface area contributed by atoms with Gasteiger partial charge in [-0.05, 0) is 67.6 Å². The average Bonchev–Trinajstić information content (AvgIpc) is 2.96. The zero-order valence-corrected chi connectivity index (χ0v) is 27.5. The molecule has 0 atom stereocenters. The van der Waals surface area contributed by atoms with Crippen molar-refractivity contribution in [2.45, 2.75) is 0 Å². The minimum absolute atomic E-state index is 0.261. The first-order chi connectivity index (χ1) is 20.4. The van der Waals surface area contributed by atoms with Gasteiger partial charge < -0.3 is 35.1 Å². The lowest BCUT2D eigenvalue weighted by Crippen LogP contribution is -2.29. The van der Waals surface area contributed by atoms with Crippen LogP contribution in [0.4, 0.5) is 34.5 Å². The highest BCUT2D eigenvalue weighted by Gasteiger charge is 2.23. The van der Waals surface area contributed by atoms with Crippen molar-refractivity contribution in [2.75, 3.05) is 75.5 Å². The molecule has 2 aromatic heterocycles. The molecular weight excluding hydrogens is 633 g/mol. The van der Waals surface area contributed by atoms with Gasteiger partial charge in [-0.15, -0.1) is 0 Å². The Morgan fingerprint density at radius 3 is 2.47 bits per heavy atom. The lowest BCUT2D eigenvalue weighted by atomic mass is 10.2. The van der Waals surface area contributed by atoms with Crippen molar-refractivity contribution in [1.29, 1.82) is 0 Å². The first-order valence-corrected chi connectivity index (χ1v) is 16.7. The first-order valence-electron chi connectivity index (χ1n) is 13.3. The molecule has 43 heavy (non-hydrogen) atoms. The molecular formula is C29H35BrN9O3P. The highest BCUT2D eigenvalue weighted by Crippen LogP contribution is 2.42. The van der Waals surface area contributed by atoms with Gasteiger partial charge in [0.25, 0.3) is 0 Å². The van der Waals surface area contributed by atoms with Crippen LogP contribution in [0.25, 0.3) is 11.0 Å². The van der Waals surface area contributed by atoms with Crippen LogP contribution in [0.1, 0.15) is 0 Å². The van der Waals surface area contributed by atoms with E-state index in [0.29, 0.717) is 49.4 Å². The van der Waals surface area contributed by atoms with Crippen LogP contribution in [-0.2, 0) is 9.36 Å². The number of nitrogens with one attached hydrogen (secondary N) is 3. The van der Waals surface area contributed by atoms with Crippen molar-refractivity contribution in [1.82, 2.24) is 24.8 Å². The number of methoxy groups -OCH3 is 1. The third kappa shape index (κ3) is 7.67. The van der Waals surface area contributed by atoms with Gasteiger partial charge in [-0.2, -0.15) is 4.98 Å². The lowest BCUT2D eigenvalue weighted by molar-refractivity contribution is -0.111. The second kappa shape index (κ2) is 13.5. The number of carbonyl (C=O) groups excluding carboxylic acids is 1. The third-order valence-corrected chi connectivity index (χ3v) is 8.56. The van der Waals surface area contributed by atoms with Gasteiger partial charge in [0, 0.05) is 44.8 Å². The Labute approximate surface area is 259 Å². The van der Waals surface area contributed by atoms with Crippen molar-refractivity contribution < 1.29 is 14.1 Å². The van der Waals surface area contributed by atoms with Crippen LogP contribution in [0.15, 0.2) is 60.0 Å². The molecule has 0 aliphatic heterocycles. The van der Waals surface area contributed by atoms with Gasteiger partial charge in [-0.1, -0.05) is 6.58 Å². The van der Waals surface area contributed by atoms with Crippen molar-refractivity contribution in [3.05, 3.63) is 60.0 Å². The highest BCUT2D eigenvalue weighted by atomic mass is 79.9. The van der Waals surface area contributed by atoms with E-state index in [9.17, 15) is 9.36 Å². The van der Waals surface area contributed by atoms with Gasteiger partial charge in [-0.3, -0.25) is 14.8 Å². The molecule has 0 aliphatic rings. The summed E-state index contributed by atoms with van der Waals surface area (Å²) in [5.74, 6) is 0.883. The molecule has 2 heterocycles. The molecule has 226 valence electrons. The molecule has 1 amide bonds. The molecule has 0 bridgehead atoms. The quantitative estimate of drug-likeness (QED) is 0.138. The van der Waals surface area contributed by atoms with E-state index in [1.807, 2.05) is 44.2 Å². The highest BCUT2D eigenvalue weighted by molar-refractivity contribution is 9.10. The summed E-state index contributed by atoms with van der Waals surface area (Å²) in [4.78, 5) is 34.3. The topological polar surface area (TPSA) is 138 Å². The van der Waals surface area contributed by atoms with Crippen LogP contribution in [0.2, 0.25) is 0 Å². The Bertz CT molecular complexity index is 1710. The molecule has 2 aromatic carbocycles. The molecule has 14 heteroatoms. The lowest BCUT2D eigenvalue weighted by Gasteiger charge is -2.26. The van der Waals surface area contributed by atoms with E-state index in [-0.39, 0.29) is 11.9 Å². The summed E-state index contributed by atoms with van der Waals surface area (Å²) >= 11 is 3.52. The summed E-state index contributed by atoms with van der Waals surface area (Å²) < 4.78 is 19.7. The Morgan fingerprint density at radius 1 is 1.05 bits per heavy atom. The number of anilines is 6. The van der Waals surface area contributed by atoms with Crippen molar-refractivity contribution in [3.8, 4) is 5.75 Å². The van der Waals surface area contributed by atoms with Gasteiger partial charge in [-0.25, -0.2) is 4.98 Å². The number of amides is 1. The Hall–Kier alpha value is -4.06. The smallest absolute Gasteiger partial charge is 0.247 e. The predicted octanol–water partition coefficient (Wildman–Crippen LogP) is 5.05. The van der Waals surface area contributed by atoms with Gasteiger partial charge in [0.05, 0.1) is 45.2 Å². The molecule has 0 spiro atoms. The number of benzene rings is 2. The first kappa shape index (κ1) is 31.9. The number of nitrogens with zero attached hydrogens (tertiary/aromatic N) is 6. The monoisotopic (exact) mass is 667 g/mol. The fourth-order valence-electron chi connectivity index (χ4n) is 4.34. The molecule has 4 aromatic rings. The van der Waals surface area contributed by atoms with Crippen LogP contribution in [-0.4, -0.2) is 85.4 Å². The number of carbonyl (C=O) groups is 1. The summed E-state index contributed by atoms with van der Waals surface area (Å²) in [7, 11) is 4.74. The van der Waals surface area contributed by atoms with E-state index in [1.54, 1.807) is 45.1 Å². The second-order valence-electron chi connectivity index (χ2n) is 10.4. The summed E-state index contributed by atoms with van der Waals surface area (Å²) in [5.41, 5.74) is 3.69. The van der Waals surface area contributed by atoms with Gasteiger partial charge in [0.1, 0.15) is 24.2 Å². The summed E-state index contributed by atoms with van der Waals surface area (Å²) in [6.07, 6.45) is 6.00. The Morgan fingerprint density at radius 2 is 1.79 bits per heavy atom. The largest absolute Gasteiger partial charge is 0.494 e. The fourth-order valence-corrected chi connectivity index (χ4v) is 6.02. The van der Waals surface area contributed by atoms with Crippen LogP contribution in [0, 0.1) is 0 Å². The number of rotatable bonds is 12. The summed E-state index contributed by atoms with van der Waals surface area (Å²) in [6.45, 7) is 8.50. The molecule has 0 unspecified atom stereocenters. The van der Waals surface area contributed by atoms with E-state index < -0.39 is 7.14 Å². The predicted molar refractivity (Wildman–Crippen MR) is 179 cm³/mol. The molecule has 0 aliphatic carbocycles. The van der Waals surface area contributed by atoms with Crippen molar-refractivity contribution >= 4 is 79.8 Å². The number of ether oxygens (including phenoxy) is 1. The maximum atomic E-state index is 13.4. The molecule has 4 rings (SSSR count). The SMILES string of the molecule is C=CC(=O)Nc1cc(Nc2ncc(Br)c(Nc3ccc4nccnc4c3P(C)(C)=O)n2)c(OC)cc1N(C)CCN(C)C. The van der Waals surface area contributed by atoms with Gasteiger partial charge in [0.2, 0.25) is 11.9 Å². The molecule has 12 nitrogen and oxygen atoms in total. The summed E-state index contributed by atoms with van der Waals surface area (Å²) in [5, 5.41) is 9.98. The van der Waals surface area contributed by atoms with E-state index in [1.165, 1.54) is 6.08 Å².